The van der Waals surface area contributed by atoms with Gasteiger partial charge >= 0.3 is 5.97 Å². The summed E-state index contributed by atoms with van der Waals surface area (Å²) in [5, 5.41) is 13.2. The number of hydrogen-bond acceptors (Lipinski definition) is 5. The molecule has 1 unspecified atom stereocenters. The third-order valence-electron chi connectivity index (χ3n) is 3.13. The molecule has 0 aliphatic rings. The molecular weight excluding hydrogens is 274 g/mol. The Kier molecular flexibility index (Phi) is 4.89. The van der Waals surface area contributed by atoms with Gasteiger partial charge in [-0.2, -0.15) is 0 Å². The lowest BCUT2D eigenvalue weighted by Crippen LogP contribution is -2.23. The minimum atomic E-state index is -0.791. The summed E-state index contributed by atoms with van der Waals surface area (Å²) in [6.07, 6.45) is 4.34. The molecule has 20 heavy (non-hydrogen) atoms. The quantitative estimate of drug-likeness (QED) is 0.819. The fourth-order valence-corrected chi connectivity index (χ4v) is 3.11. The first kappa shape index (κ1) is 14.7. The minimum Gasteiger partial charge on any atom is -0.481 e. The first-order valence-corrected chi connectivity index (χ1v) is 7.67. The highest BCUT2D eigenvalue weighted by Crippen LogP contribution is 2.29. The molecule has 1 atom stereocenters. The number of rotatable bonds is 7. The smallest absolute Gasteiger partial charge is 0.305 e. The SMILES string of the molecule is CCCC(CC(=O)O)Nc1ncnc2sc(CC)cc12. The van der Waals surface area contributed by atoms with E-state index >= 15 is 0 Å². The zero-order chi connectivity index (χ0) is 14.5. The summed E-state index contributed by atoms with van der Waals surface area (Å²) in [7, 11) is 0. The van der Waals surface area contributed by atoms with Gasteiger partial charge in [0.25, 0.3) is 0 Å². The van der Waals surface area contributed by atoms with E-state index in [0.29, 0.717) is 0 Å². The molecular formula is C14H19N3O2S. The van der Waals surface area contributed by atoms with E-state index < -0.39 is 5.97 Å². The van der Waals surface area contributed by atoms with Gasteiger partial charge in [0, 0.05) is 10.9 Å². The Labute approximate surface area is 122 Å². The molecule has 0 aliphatic heterocycles. The van der Waals surface area contributed by atoms with Gasteiger partial charge in [-0.05, 0) is 18.9 Å². The third-order valence-corrected chi connectivity index (χ3v) is 4.32. The lowest BCUT2D eigenvalue weighted by Gasteiger charge is -2.16. The molecule has 0 aromatic carbocycles. The predicted octanol–water partition coefficient (Wildman–Crippen LogP) is 3.31. The van der Waals surface area contributed by atoms with Crippen molar-refractivity contribution in [3.63, 3.8) is 0 Å². The predicted molar refractivity (Wildman–Crippen MR) is 81.4 cm³/mol. The minimum absolute atomic E-state index is 0.0967. The van der Waals surface area contributed by atoms with Crippen molar-refractivity contribution in [1.82, 2.24) is 9.97 Å². The number of anilines is 1. The third kappa shape index (κ3) is 3.45. The number of carboxylic acid groups (broad SMARTS) is 1. The normalized spacial score (nSPS) is 12.5. The van der Waals surface area contributed by atoms with E-state index in [1.807, 2.05) is 6.92 Å². The Bertz CT molecular complexity index is 597. The van der Waals surface area contributed by atoms with E-state index in [9.17, 15) is 4.79 Å². The molecule has 2 rings (SSSR count). The number of aliphatic carboxylic acids is 1. The Morgan fingerprint density at radius 1 is 1.45 bits per heavy atom. The van der Waals surface area contributed by atoms with E-state index in [1.165, 1.54) is 11.2 Å². The number of nitrogens with one attached hydrogen (secondary N) is 1. The number of nitrogens with zero attached hydrogens (tertiary/aromatic N) is 2. The second-order valence-electron chi connectivity index (χ2n) is 4.74. The monoisotopic (exact) mass is 293 g/mol. The Morgan fingerprint density at radius 3 is 2.90 bits per heavy atom. The highest BCUT2D eigenvalue weighted by Gasteiger charge is 2.15. The van der Waals surface area contributed by atoms with Crippen LogP contribution in [0.2, 0.25) is 0 Å². The van der Waals surface area contributed by atoms with Gasteiger partial charge in [-0.15, -0.1) is 11.3 Å². The molecule has 0 bridgehead atoms. The van der Waals surface area contributed by atoms with Crippen molar-refractivity contribution in [3.8, 4) is 0 Å². The summed E-state index contributed by atoms with van der Waals surface area (Å²) in [5.74, 6) is -0.0496. The van der Waals surface area contributed by atoms with E-state index in [-0.39, 0.29) is 12.5 Å². The van der Waals surface area contributed by atoms with Gasteiger partial charge in [0.2, 0.25) is 0 Å². The van der Waals surface area contributed by atoms with Crippen LogP contribution in [0.5, 0.6) is 0 Å². The number of thiophene rings is 1. The van der Waals surface area contributed by atoms with E-state index in [0.717, 1.165) is 35.3 Å². The van der Waals surface area contributed by atoms with E-state index in [4.69, 9.17) is 5.11 Å². The molecule has 2 heterocycles. The molecule has 2 aromatic rings. The second-order valence-corrected chi connectivity index (χ2v) is 5.85. The topological polar surface area (TPSA) is 75.1 Å². The van der Waals surface area contributed by atoms with Crippen molar-refractivity contribution in [3.05, 3.63) is 17.3 Å². The molecule has 0 saturated heterocycles. The zero-order valence-electron chi connectivity index (χ0n) is 11.7. The maximum atomic E-state index is 10.9. The average Bonchev–Trinajstić information content (AvgIpc) is 2.82. The highest BCUT2D eigenvalue weighted by molar-refractivity contribution is 7.18. The van der Waals surface area contributed by atoms with Crippen molar-refractivity contribution in [1.29, 1.82) is 0 Å². The molecule has 108 valence electrons. The van der Waals surface area contributed by atoms with Crippen LogP contribution in [0.15, 0.2) is 12.4 Å². The lowest BCUT2D eigenvalue weighted by atomic mass is 10.1. The largest absolute Gasteiger partial charge is 0.481 e. The maximum absolute atomic E-state index is 10.9. The second kappa shape index (κ2) is 6.65. The van der Waals surface area contributed by atoms with Crippen molar-refractivity contribution in [2.24, 2.45) is 0 Å². The van der Waals surface area contributed by atoms with Crippen LogP contribution in [0.3, 0.4) is 0 Å². The Hall–Kier alpha value is -1.69. The van der Waals surface area contributed by atoms with Crippen LogP contribution in [-0.4, -0.2) is 27.1 Å². The number of fused-ring (bicyclic) bond motifs is 1. The fraction of sp³-hybridized carbons (Fsp3) is 0.500. The summed E-state index contributed by atoms with van der Waals surface area (Å²) >= 11 is 1.66. The van der Waals surface area contributed by atoms with Gasteiger partial charge < -0.3 is 10.4 Å². The first-order valence-electron chi connectivity index (χ1n) is 6.85. The molecule has 0 fully saturated rings. The van der Waals surface area contributed by atoms with Gasteiger partial charge in [-0.3, -0.25) is 4.79 Å². The van der Waals surface area contributed by atoms with Gasteiger partial charge in [-0.1, -0.05) is 20.3 Å². The average molecular weight is 293 g/mol. The van der Waals surface area contributed by atoms with Gasteiger partial charge in [0.15, 0.2) is 0 Å². The van der Waals surface area contributed by atoms with Crippen molar-refractivity contribution in [2.45, 2.75) is 45.6 Å². The summed E-state index contributed by atoms with van der Waals surface area (Å²) in [6, 6.07) is 1.99. The van der Waals surface area contributed by atoms with Crippen molar-refractivity contribution in [2.75, 3.05) is 5.32 Å². The number of carbonyl (C=O) groups is 1. The zero-order valence-corrected chi connectivity index (χ0v) is 12.5. The van der Waals surface area contributed by atoms with Crippen LogP contribution >= 0.6 is 11.3 Å². The number of aryl methyl sites for hydroxylation is 1. The van der Waals surface area contributed by atoms with Crippen LogP contribution < -0.4 is 5.32 Å². The summed E-state index contributed by atoms with van der Waals surface area (Å²) in [6.45, 7) is 4.15. The maximum Gasteiger partial charge on any atom is 0.305 e. The van der Waals surface area contributed by atoms with E-state index in [1.54, 1.807) is 11.3 Å². The molecule has 5 nitrogen and oxygen atoms in total. The summed E-state index contributed by atoms with van der Waals surface area (Å²) < 4.78 is 0. The molecule has 0 aliphatic carbocycles. The van der Waals surface area contributed by atoms with Crippen LogP contribution in [0.1, 0.15) is 38.0 Å². The Morgan fingerprint density at radius 2 is 2.25 bits per heavy atom. The number of aromatic nitrogens is 2. The standard InChI is InChI=1S/C14H19N3O2S/c1-3-5-9(6-12(18)19)17-13-11-7-10(4-2)20-14(11)16-8-15-13/h7-9H,3-6H2,1-2H3,(H,18,19)(H,15,16,17). The van der Waals surface area contributed by atoms with Gasteiger partial charge in [0.1, 0.15) is 17.0 Å². The molecule has 0 amide bonds. The molecule has 0 radical (unpaired) electrons. The van der Waals surface area contributed by atoms with Gasteiger partial charge in [-0.25, -0.2) is 9.97 Å². The van der Waals surface area contributed by atoms with Crippen molar-refractivity contribution >= 4 is 33.3 Å². The number of hydrogen-bond donors (Lipinski definition) is 2. The molecule has 0 saturated carbocycles. The molecule has 2 N–H and O–H groups in total. The summed E-state index contributed by atoms with van der Waals surface area (Å²) in [4.78, 5) is 21.7. The highest BCUT2D eigenvalue weighted by atomic mass is 32.1. The molecule has 0 spiro atoms. The fourth-order valence-electron chi connectivity index (χ4n) is 2.17. The Balaban J connectivity index is 2.26. The lowest BCUT2D eigenvalue weighted by molar-refractivity contribution is -0.137. The van der Waals surface area contributed by atoms with Crippen molar-refractivity contribution < 1.29 is 9.90 Å². The summed E-state index contributed by atoms with van der Waals surface area (Å²) in [5.41, 5.74) is 0. The van der Waals surface area contributed by atoms with Crippen LogP contribution in [-0.2, 0) is 11.2 Å². The van der Waals surface area contributed by atoms with Crippen LogP contribution in [0.4, 0.5) is 5.82 Å². The number of carboxylic acids is 1. The molecule has 2 aromatic heterocycles. The first-order chi connectivity index (χ1) is 9.63. The molecule has 6 heteroatoms. The van der Waals surface area contributed by atoms with E-state index in [2.05, 4.69) is 28.3 Å². The van der Waals surface area contributed by atoms with Crippen LogP contribution in [0, 0.1) is 0 Å². The van der Waals surface area contributed by atoms with Gasteiger partial charge in [0.05, 0.1) is 11.8 Å². The van der Waals surface area contributed by atoms with Crippen LogP contribution in [0.25, 0.3) is 10.2 Å².